The van der Waals surface area contributed by atoms with E-state index in [1.54, 1.807) is 6.92 Å². The molecule has 1 amide bonds. The molecule has 1 aliphatic heterocycles. The van der Waals surface area contributed by atoms with Gasteiger partial charge >= 0.3 is 0 Å². The molecule has 7 heteroatoms. The van der Waals surface area contributed by atoms with Crippen molar-refractivity contribution in [1.29, 1.82) is 0 Å². The highest BCUT2D eigenvalue weighted by atomic mass is 16.5. The smallest absolute Gasteiger partial charge is 0.260 e. The number of piperidine rings is 1. The van der Waals surface area contributed by atoms with E-state index >= 15 is 0 Å². The molecule has 0 saturated carbocycles. The molecule has 1 aliphatic rings. The third-order valence-corrected chi connectivity index (χ3v) is 5.15. The van der Waals surface area contributed by atoms with Crippen molar-refractivity contribution < 1.29 is 14.3 Å². The van der Waals surface area contributed by atoms with Gasteiger partial charge in [-0.05, 0) is 64.2 Å². The Kier molecular flexibility index (Phi) is 7.49. The quantitative estimate of drug-likeness (QED) is 0.670. The first-order valence-corrected chi connectivity index (χ1v) is 10.7. The van der Waals surface area contributed by atoms with Crippen LogP contribution in [0.3, 0.4) is 0 Å². The molecule has 0 radical (unpaired) electrons. The molecule has 1 fully saturated rings. The summed E-state index contributed by atoms with van der Waals surface area (Å²) >= 11 is 0. The predicted molar refractivity (Wildman–Crippen MR) is 117 cm³/mol. The highest BCUT2D eigenvalue weighted by Crippen LogP contribution is 2.22. The van der Waals surface area contributed by atoms with Gasteiger partial charge in [-0.25, -0.2) is 4.98 Å². The van der Waals surface area contributed by atoms with Crippen molar-refractivity contribution in [2.75, 3.05) is 31.1 Å². The molecule has 1 aromatic carbocycles. The lowest BCUT2D eigenvalue weighted by atomic mass is 10.1. The van der Waals surface area contributed by atoms with Gasteiger partial charge in [-0.3, -0.25) is 4.79 Å². The first kappa shape index (κ1) is 21.9. The Morgan fingerprint density at radius 2 is 1.90 bits per heavy atom. The second-order valence-corrected chi connectivity index (χ2v) is 7.83. The molecule has 1 aromatic heterocycles. The van der Waals surface area contributed by atoms with Crippen LogP contribution < -0.4 is 19.7 Å². The van der Waals surface area contributed by atoms with Crippen LogP contribution in [0.25, 0.3) is 0 Å². The van der Waals surface area contributed by atoms with E-state index in [9.17, 15) is 4.79 Å². The lowest BCUT2D eigenvalue weighted by molar-refractivity contribution is -0.127. The van der Waals surface area contributed by atoms with E-state index in [0.29, 0.717) is 24.9 Å². The highest BCUT2D eigenvalue weighted by molar-refractivity contribution is 5.80. The molecule has 1 atom stereocenters. The van der Waals surface area contributed by atoms with Gasteiger partial charge in [-0.15, -0.1) is 0 Å². The monoisotopic (exact) mass is 412 g/mol. The van der Waals surface area contributed by atoms with E-state index in [4.69, 9.17) is 9.47 Å². The Balaban J connectivity index is 1.46. The first-order chi connectivity index (χ1) is 14.4. The summed E-state index contributed by atoms with van der Waals surface area (Å²) in [4.78, 5) is 23.5. The predicted octanol–water partition coefficient (Wildman–Crippen LogP) is 3.35. The molecule has 7 nitrogen and oxygen atoms in total. The van der Waals surface area contributed by atoms with E-state index in [-0.39, 0.29) is 5.91 Å². The number of nitrogens with one attached hydrogen (secondary N) is 1. The van der Waals surface area contributed by atoms with Crippen molar-refractivity contribution in [1.82, 2.24) is 15.3 Å². The molecule has 0 bridgehead atoms. The van der Waals surface area contributed by atoms with Crippen molar-refractivity contribution in [2.45, 2.75) is 53.1 Å². The molecule has 1 saturated heterocycles. The van der Waals surface area contributed by atoms with Gasteiger partial charge in [0.15, 0.2) is 6.10 Å². The summed E-state index contributed by atoms with van der Waals surface area (Å²) in [5.74, 6) is 2.70. The maximum Gasteiger partial charge on any atom is 0.260 e. The number of rotatable bonds is 8. The minimum Gasteiger partial charge on any atom is -0.481 e. The van der Waals surface area contributed by atoms with Crippen molar-refractivity contribution in [3.05, 3.63) is 41.2 Å². The number of anilines is 1. The molecule has 1 unspecified atom stereocenters. The van der Waals surface area contributed by atoms with Gasteiger partial charge in [0.1, 0.15) is 24.0 Å². The summed E-state index contributed by atoms with van der Waals surface area (Å²) in [5.41, 5.74) is 2.10. The molecule has 3 rings (SSSR count). The lowest BCUT2D eigenvalue weighted by Crippen LogP contribution is -2.38. The second kappa shape index (κ2) is 10.3. The number of amides is 1. The van der Waals surface area contributed by atoms with Crippen LogP contribution >= 0.6 is 0 Å². The number of aromatic nitrogens is 2. The zero-order chi connectivity index (χ0) is 21.5. The molecule has 2 heterocycles. The van der Waals surface area contributed by atoms with Crippen LogP contribution in [0, 0.1) is 20.8 Å². The fraction of sp³-hybridized carbons (Fsp3) is 0.522. The van der Waals surface area contributed by atoms with E-state index in [2.05, 4.69) is 20.2 Å². The molecular formula is C23H32N4O3. The third-order valence-electron chi connectivity index (χ3n) is 5.15. The minimum atomic E-state index is -0.586. The van der Waals surface area contributed by atoms with Gasteiger partial charge in [-0.2, -0.15) is 4.98 Å². The highest BCUT2D eigenvalue weighted by Gasteiger charge is 2.16. The number of aryl methyl sites for hydroxylation is 3. The average Bonchev–Trinajstić information content (AvgIpc) is 2.74. The van der Waals surface area contributed by atoms with E-state index in [1.165, 1.54) is 19.3 Å². The fourth-order valence-electron chi connectivity index (χ4n) is 3.44. The Bertz CT molecular complexity index is 866. The maximum absolute atomic E-state index is 12.3. The fourth-order valence-corrected chi connectivity index (χ4v) is 3.44. The van der Waals surface area contributed by atoms with Crippen LogP contribution in [0.4, 0.5) is 5.82 Å². The molecular weight excluding hydrogens is 380 g/mol. The Labute approximate surface area is 178 Å². The van der Waals surface area contributed by atoms with Crippen LogP contribution in [0.1, 0.15) is 43.1 Å². The van der Waals surface area contributed by atoms with Gasteiger partial charge in [0.2, 0.25) is 5.88 Å². The zero-order valence-corrected chi connectivity index (χ0v) is 18.4. The van der Waals surface area contributed by atoms with Crippen molar-refractivity contribution in [2.24, 2.45) is 0 Å². The number of benzene rings is 1. The van der Waals surface area contributed by atoms with Crippen LogP contribution in [-0.2, 0) is 4.79 Å². The summed E-state index contributed by atoms with van der Waals surface area (Å²) in [7, 11) is 0. The summed E-state index contributed by atoms with van der Waals surface area (Å²) in [6.45, 7) is 10.3. The SMILES string of the molecule is Cc1ccc(C)c(OC(C)C(=O)NCCOc2cc(N3CCCCC3)nc(C)n2)c1. The van der Waals surface area contributed by atoms with E-state index in [0.717, 1.165) is 35.8 Å². The van der Waals surface area contributed by atoms with Crippen molar-refractivity contribution >= 4 is 11.7 Å². The van der Waals surface area contributed by atoms with E-state index in [1.807, 2.05) is 45.0 Å². The van der Waals surface area contributed by atoms with E-state index < -0.39 is 6.10 Å². The number of carbonyl (C=O) groups is 1. The molecule has 1 N–H and O–H groups in total. The maximum atomic E-state index is 12.3. The number of hydrogen-bond acceptors (Lipinski definition) is 6. The molecule has 0 aliphatic carbocycles. The molecule has 0 spiro atoms. The average molecular weight is 413 g/mol. The number of nitrogens with zero attached hydrogens (tertiary/aromatic N) is 3. The topological polar surface area (TPSA) is 76.6 Å². The van der Waals surface area contributed by atoms with Crippen LogP contribution in [0.15, 0.2) is 24.3 Å². The van der Waals surface area contributed by atoms with Gasteiger partial charge in [0.25, 0.3) is 5.91 Å². The Morgan fingerprint density at radius 1 is 1.13 bits per heavy atom. The van der Waals surface area contributed by atoms with Crippen LogP contribution in [-0.4, -0.2) is 48.2 Å². The number of ether oxygens (including phenoxy) is 2. The van der Waals surface area contributed by atoms with Crippen LogP contribution in [0.2, 0.25) is 0 Å². The number of hydrogen-bond donors (Lipinski definition) is 1. The van der Waals surface area contributed by atoms with Crippen molar-refractivity contribution in [3.8, 4) is 11.6 Å². The largest absolute Gasteiger partial charge is 0.481 e. The van der Waals surface area contributed by atoms with Gasteiger partial charge in [-0.1, -0.05) is 12.1 Å². The Hall–Kier alpha value is -2.83. The summed E-state index contributed by atoms with van der Waals surface area (Å²) in [5, 5.41) is 2.86. The van der Waals surface area contributed by atoms with Gasteiger partial charge in [0.05, 0.1) is 6.54 Å². The summed E-state index contributed by atoms with van der Waals surface area (Å²) < 4.78 is 11.6. The summed E-state index contributed by atoms with van der Waals surface area (Å²) in [6, 6.07) is 7.84. The first-order valence-electron chi connectivity index (χ1n) is 10.7. The zero-order valence-electron chi connectivity index (χ0n) is 18.4. The van der Waals surface area contributed by atoms with Crippen molar-refractivity contribution in [3.63, 3.8) is 0 Å². The Morgan fingerprint density at radius 3 is 2.67 bits per heavy atom. The normalized spacial score (nSPS) is 14.9. The molecule has 30 heavy (non-hydrogen) atoms. The number of carbonyl (C=O) groups excluding carboxylic acids is 1. The molecule has 162 valence electrons. The van der Waals surface area contributed by atoms with Crippen LogP contribution in [0.5, 0.6) is 11.6 Å². The standard InChI is InChI=1S/C23H32N4O3/c1-16-8-9-17(2)20(14-16)30-18(3)23(28)24-10-13-29-22-15-21(25-19(4)26-22)27-11-6-5-7-12-27/h8-9,14-15,18H,5-7,10-13H2,1-4H3,(H,24,28). The summed E-state index contributed by atoms with van der Waals surface area (Å²) in [6.07, 6.45) is 3.06. The lowest BCUT2D eigenvalue weighted by Gasteiger charge is -2.28. The second-order valence-electron chi connectivity index (χ2n) is 7.83. The van der Waals surface area contributed by atoms with Gasteiger partial charge in [0, 0.05) is 19.2 Å². The minimum absolute atomic E-state index is 0.174. The molecule has 2 aromatic rings. The third kappa shape index (κ3) is 6.08. The van der Waals surface area contributed by atoms with Gasteiger partial charge < -0.3 is 19.7 Å².